The van der Waals surface area contributed by atoms with Gasteiger partial charge in [-0.05, 0) is 38.1 Å². The fourth-order valence-electron chi connectivity index (χ4n) is 3.50. The van der Waals surface area contributed by atoms with Gasteiger partial charge in [-0.1, -0.05) is 30.3 Å². The zero-order valence-electron chi connectivity index (χ0n) is 18.4. The van der Waals surface area contributed by atoms with Crippen LogP contribution in [0.3, 0.4) is 0 Å². The molecule has 1 atom stereocenters. The second-order valence-electron chi connectivity index (χ2n) is 7.75. The molecule has 1 aliphatic heterocycles. The number of para-hydroxylation sites is 1. The molecule has 2 aromatic rings. The molecule has 9 heteroatoms. The minimum atomic E-state index is -3.87. The Bertz CT molecular complexity index is 1020. The molecule has 1 amide bonds. The van der Waals surface area contributed by atoms with Crippen molar-refractivity contribution in [3.8, 4) is 5.75 Å². The monoisotopic (exact) mass is 459 g/mol. The number of nitrogens with one attached hydrogen (secondary N) is 1. The van der Waals surface area contributed by atoms with E-state index in [-0.39, 0.29) is 16.6 Å². The number of nitrogens with zero attached hydrogens (tertiary/aromatic N) is 2. The second kappa shape index (κ2) is 10.7. The van der Waals surface area contributed by atoms with E-state index in [9.17, 15) is 18.0 Å². The summed E-state index contributed by atoms with van der Waals surface area (Å²) in [5.74, 6) is 0.434. The molecule has 1 saturated heterocycles. The maximum atomic E-state index is 12.8. The molecule has 1 N–H and O–H groups in total. The molecule has 0 unspecified atom stereocenters. The summed E-state index contributed by atoms with van der Waals surface area (Å²) in [5.41, 5.74) is 0.431. The molecule has 1 heterocycles. The van der Waals surface area contributed by atoms with E-state index in [1.807, 2.05) is 30.3 Å². The van der Waals surface area contributed by atoms with Crippen molar-refractivity contribution in [2.24, 2.45) is 0 Å². The lowest BCUT2D eigenvalue weighted by Gasteiger charge is -2.35. The van der Waals surface area contributed by atoms with E-state index in [0.29, 0.717) is 38.3 Å². The van der Waals surface area contributed by atoms with Gasteiger partial charge >= 0.3 is 0 Å². The number of carbonyl (C=O) groups is 2. The minimum absolute atomic E-state index is 0.0189. The number of carbonyl (C=O) groups excluding carboxylic acids is 2. The molecule has 0 bridgehead atoms. The highest BCUT2D eigenvalue weighted by Gasteiger charge is 2.28. The van der Waals surface area contributed by atoms with E-state index in [1.54, 1.807) is 11.8 Å². The first-order chi connectivity index (χ1) is 15.3. The van der Waals surface area contributed by atoms with Crippen molar-refractivity contribution in [3.63, 3.8) is 0 Å². The molecule has 0 aliphatic carbocycles. The van der Waals surface area contributed by atoms with Crippen LogP contribution in [0.4, 0.5) is 0 Å². The summed E-state index contributed by atoms with van der Waals surface area (Å²) >= 11 is 0. The van der Waals surface area contributed by atoms with Crippen molar-refractivity contribution < 1.29 is 22.7 Å². The van der Waals surface area contributed by atoms with Crippen molar-refractivity contribution in [2.75, 3.05) is 39.3 Å². The van der Waals surface area contributed by atoms with Crippen LogP contribution in [0.5, 0.6) is 5.75 Å². The van der Waals surface area contributed by atoms with Crippen molar-refractivity contribution in [1.82, 2.24) is 14.5 Å². The van der Waals surface area contributed by atoms with Gasteiger partial charge in [0.05, 0.1) is 10.9 Å². The van der Waals surface area contributed by atoms with Crippen molar-refractivity contribution >= 4 is 21.7 Å². The number of hydrogen-bond donors (Lipinski definition) is 1. The number of amides is 1. The van der Waals surface area contributed by atoms with Crippen LogP contribution in [0.2, 0.25) is 0 Å². The average molecular weight is 460 g/mol. The predicted molar refractivity (Wildman–Crippen MR) is 121 cm³/mol. The average Bonchev–Trinajstić information content (AvgIpc) is 2.79. The fraction of sp³-hybridized carbons (Fsp3) is 0.391. The van der Waals surface area contributed by atoms with Crippen LogP contribution in [0.15, 0.2) is 59.5 Å². The van der Waals surface area contributed by atoms with Crippen LogP contribution in [-0.4, -0.2) is 75.3 Å². The number of piperazine rings is 1. The van der Waals surface area contributed by atoms with E-state index in [0.717, 1.165) is 12.3 Å². The number of ketones is 1. The molecule has 3 rings (SSSR count). The number of Topliss-reactive ketones (excluding diaryl/α,β-unsaturated/α-hetero) is 1. The largest absolute Gasteiger partial charge is 0.492 e. The molecule has 0 aromatic heterocycles. The third-order valence-electron chi connectivity index (χ3n) is 5.38. The molecule has 0 radical (unpaired) electrons. The standard InChI is InChI=1S/C23H29N3O5S/c1-18(24-32(29,30)22-10-8-20(9-11-22)19(2)27)23(28)26-14-12-25(13-15-26)16-17-31-21-6-4-3-5-7-21/h3-11,18,24H,12-17H2,1-2H3/t18-/m0/s1. The summed E-state index contributed by atoms with van der Waals surface area (Å²) in [5, 5.41) is 0. The van der Waals surface area contributed by atoms with E-state index in [4.69, 9.17) is 4.74 Å². The van der Waals surface area contributed by atoms with Crippen molar-refractivity contribution in [2.45, 2.75) is 24.8 Å². The van der Waals surface area contributed by atoms with Gasteiger partial charge in [-0.2, -0.15) is 4.72 Å². The van der Waals surface area contributed by atoms with Crippen molar-refractivity contribution in [3.05, 3.63) is 60.2 Å². The second-order valence-corrected chi connectivity index (χ2v) is 9.47. The highest BCUT2D eigenvalue weighted by molar-refractivity contribution is 7.89. The van der Waals surface area contributed by atoms with Crippen LogP contribution in [0.1, 0.15) is 24.2 Å². The Morgan fingerprint density at radius 3 is 2.22 bits per heavy atom. The summed E-state index contributed by atoms with van der Waals surface area (Å²) in [4.78, 5) is 28.1. The van der Waals surface area contributed by atoms with Crippen LogP contribution in [0.25, 0.3) is 0 Å². The summed E-state index contributed by atoms with van der Waals surface area (Å²) < 4.78 is 33.4. The van der Waals surface area contributed by atoms with E-state index >= 15 is 0 Å². The number of ether oxygens (including phenoxy) is 1. The first kappa shape index (κ1) is 23.9. The van der Waals surface area contributed by atoms with Gasteiger partial charge in [-0.3, -0.25) is 14.5 Å². The zero-order valence-corrected chi connectivity index (χ0v) is 19.2. The van der Waals surface area contributed by atoms with Crippen LogP contribution in [0, 0.1) is 0 Å². The highest BCUT2D eigenvalue weighted by Crippen LogP contribution is 2.13. The number of rotatable bonds is 9. The lowest BCUT2D eigenvalue weighted by atomic mass is 10.2. The maximum absolute atomic E-state index is 12.8. The Kier molecular flexibility index (Phi) is 8.00. The molecule has 0 saturated carbocycles. The Morgan fingerprint density at radius 1 is 1.00 bits per heavy atom. The molecule has 2 aromatic carbocycles. The van der Waals surface area contributed by atoms with Gasteiger partial charge in [0.25, 0.3) is 0 Å². The number of benzene rings is 2. The van der Waals surface area contributed by atoms with E-state index < -0.39 is 16.1 Å². The summed E-state index contributed by atoms with van der Waals surface area (Å²) in [6.45, 7) is 6.76. The topological polar surface area (TPSA) is 96.0 Å². The molecule has 1 fully saturated rings. The lowest BCUT2D eigenvalue weighted by Crippen LogP contribution is -2.54. The number of sulfonamides is 1. The Hall–Kier alpha value is -2.75. The minimum Gasteiger partial charge on any atom is -0.492 e. The third-order valence-corrected chi connectivity index (χ3v) is 6.93. The van der Waals surface area contributed by atoms with E-state index in [2.05, 4.69) is 9.62 Å². The Labute approximate surface area is 189 Å². The summed E-state index contributed by atoms with van der Waals surface area (Å²) in [7, 11) is -3.87. The first-order valence-corrected chi connectivity index (χ1v) is 12.1. The summed E-state index contributed by atoms with van der Waals surface area (Å²) in [6, 6.07) is 14.4. The van der Waals surface area contributed by atoms with Gasteiger partial charge in [0, 0.05) is 38.3 Å². The molecule has 172 valence electrons. The Balaban J connectivity index is 1.46. The van der Waals surface area contributed by atoms with Gasteiger partial charge in [-0.15, -0.1) is 0 Å². The molecular formula is C23H29N3O5S. The summed E-state index contributed by atoms with van der Waals surface area (Å²) in [6.07, 6.45) is 0. The van der Waals surface area contributed by atoms with Gasteiger partial charge in [0.1, 0.15) is 12.4 Å². The van der Waals surface area contributed by atoms with Gasteiger partial charge in [0.2, 0.25) is 15.9 Å². The molecule has 32 heavy (non-hydrogen) atoms. The lowest BCUT2D eigenvalue weighted by molar-refractivity contribution is -0.134. The predicted octanol–water partition coefficient (Wildman–Crippen LogP) is 1.78. The zero-order chi connectivity index (χ0) is 23.1. The maximum Gasteiger partial charge on any atom is 0.241 e. The first-order valence-electron chi connectivity index (χ1n) is 10.6. The van der Waals surface area contributed by atoms with Gasteiger partial charge in [0.15, 0.2) is 5.78 Å². The van der Waals surface area contributed by atoms with Crippen LogP contribution < -0.4 is 9.46 Å². The van der Waals surface area contributed by atoms with Gasteiger partial charge < -0.3 is 9.64 Å². The molecular weight excluding hydrogens is 430 g/mol. The van der Waals surface area contributed by atoms with Crippen LogP contribution in [-0.2, 0) is 14.8 Å². The normalized spacial score (nSPS) is 15.9. The van der Waals surface area contributed by atoms with Crippen LogP contribution >= 0.6 is 0 Å². The third kappa shape index (κ3) is 6.38. The SMILES string of the molecule is CC(=O)c1ccc(S(=O)(=O)N[C@@H](C)C(=O)N2CCN(CCOc3ccccc3)CC2)cc1. The highest BCUT2D eigenvalue weighted by atomic mass is 32.2. The quantitative estimate of drug-likeness (QED) is 0.575. The smallest absolute Gasteiger partial charge is 0.241 e. The molecule has 8 nitrogen and oxygen atoms in total. The van der Waals surface area contributed by atoms with Gasteiger partial charge in [-0.25, -0.2) is 8.42 Å². The van der Waals surface area contributed by atoms with Crippen molar-refractivity contribution in [1.29, 1.82) is 0 Å². The molecule has 0 spiro atoms. The number of hydrogen-bond acceptors (Lipinski definition) is 6. The molecule has 1 aliphatic rings. The van der Waals surface area contributed by atoms with E-state index in [1.165, 1.54) is 31.2 Å². The fourth-order valence-corrected chi connectivity index (χ4v) is 4.69. The Morgan fingerprint density at radius 2 is 1.62 bits per heavy atom.